The molecule has 7 heteroatoms. The molecule has 2 rings (SSSR count). The summed E-state index contributed by atoms with van der Waals surface area (Å²) in [5.41, 5.74) is -0.0246. The molecule has 1 aliphatic heterocycles. The Morgan fingerprint density at radius 1 is 1.37 bits per heavy atom. The van der Waals surface area contributed by atoms with Crippen molar-refractivity contribution in [3.63, 3.8) is 0 Å². The molecule has 0 atom stereocenters. The summed E-state index contributed by atoms with van der Waals surface area (Å²) in [6.07, 6.45) is 0.688. The number of nitro benzene ring substituents is 1. The number of hydrogen-bond acceptors (Lipinski definition) is 5. The van der Waals surface area contributed by atoms with Crippen LogP contribution in [0.15, 0.2) is 12.1 Å². The molecular formula is C12H13FN2O4. The molecule has 0 amide bonds. The predicted molar refractivity (Wildman–Crippen MR) is 66.1 cm³/mol. The van der Waals surface area contributed by atoms with E-state index in [9.17, 15) is 19.3 Å². The smallest absolute Gasteiger partial charge is 0.295 e. The van der Waals surface area contributed by atoms with Gasteiger partial charge in [0.05, 0.1) is 18.1 Å². The van der Waals surface area contributed by atoms with Gasteiger partial charge in [-0.1, -0.05) is 0 Å². The fraction of sp³-hybridized carbons (Fsp3) is 0.417. The van der Waals surface area contributed by atoms with Crippen LogP contribution in [0.5, 0.6) is 5.75 Å². The third-order valence-electron chi connectivity index (χ3n) is 3.11. The van der Waals surface area contributed by atoms with E-state index in [1.165, 1.54) is 13.2 Å². The van der Waals surface area contributed by atoms with Gasteiger partial charge in [-0.3, -0.25) is 14.9 Å². The number of nitro groups is 1. The summed E-state index contributed by atoms with van der Waals surface area (Å²) in [6, 6.07) is 2.16. The van der Waals surface area contributed by atoms with Crippen molar-refractivity contribution in [3.05, 3.63) is 28.1 Å². The van der Waals surface area contributed by atoms with Crippen LogP contribution in [-0.4, -0.2) is 30.9 Å². The Hall–Kier alpha value is -2.18. The van der Waals surface area contributed by atoms with Crippen LogP contribution in [0.3, 0.4) is 0 Å². The number of halogens is 1. The van der Waals surface area contributed by atoms with E-state index in [0.29, 0.717) is 25.9 Å². The van der Waals surface area contributed by atoms with Gasteiger partial charge >= 0.3 is 0 Å². The van der Waals surface area contributed by atoms with E-state index in [1.807, 2.05) is 0 Å². The molecule has 0 N–H and O–H groups in total. The molecule has 0 radical (unpaired) electrons. The highest BCUT2D eigenvalue weighted by atomic mass is 19.1. The molecule has 6 nitrogen and oxygen atoms in total. The maximum absolute atomic E-state index is 13.5. The molecule has 1 fully saturated rings. The zero-order valence-corrected chi connectivity index (χ0v) is 10.4. The third-order valence-corrected chi connectivity index (χ3v) is 3.11. The van der Waals surface area contributed by atoms with E-state index in [4.69, 9.17) is 4.74 Å². The normalized spacial score (nSPS) is 15.5. The van der Waals surface area contributed by atoms with E-state index >= 15 is 0 Å². The van der Waals surface area contributed by atoms with Gasteiger partial charge < -0.3 is 9.64 Å². The Bertz CT molecular complexity index is 523. The Labute approximate surface area is 108 Å². The highest BCUT2D eigenvalue weighted by Crippen LogP contribution is 2.35. The molecule has 0 spiro atoms. The van der Waals surface area contributed by atoms with Crippen molar-refractivity contribution < 1.29 is 18.8 Å². The molecule has 0 saturated carbocycles. The van der Waals surface area contributed by atoms with Crippen molar-refractivity contribution in [2.75, 3.05) is 25.1 Å². The maximum Gasteiger partial charge on any atom is 0.295 e. The Morgan fingerprint density at radius 2 is 2.00 bits per heavy atom. The first-order chi connectivity index (χ1) is 9.02. The number of methoxy groups -OCH3 is 1. The lowest BCUT2D eigenvalue weighted by molar-refractivity contribution is -0.384. The largest absolute Gasteiger partial charge is 0.494 e. The van der Waals surface area contributed by atoms with E-state index in [0.717, 1.165) is 6.07 Å². The molecule has 1 aromatic rings. The van der Waals surface area contributed by atoms with Crippen LogP contribution in [0, 0.1) is 15.9 Å². The lowest BCUT2D eigenvalue weighted by atomic mass is 10.1. The number of carbonyl (C=O) groups is 1. The van der Waals surface area contributed by atoms with Crippen LogP contribution < -0.4 is 9.64 Å². The third kappa shape index (κ3) is 2.64. The maximum atomic E-state index is 13.5. The zero-order valence-electron chi connectivity index (χ0n) is 10.4. The number of ether oxygens (including phenoxy) is 1. The number of hydrogen-bond donors (Lipinski definition) is 0. The quantitative estimate of drug-likeness (QED) is 0.618. The van der Waals surface area contributed by atoms with Gasteiger partial charge in [0, 0.05) is 32.0 Å². The van der Waals surface area contributed by atoms with Gasteiger partial charge in [-0.05, 0) is 0 Å². The summed E-state index contributed by atoms with van der Waals surface area (Å²) in [4.78, 5) is 23.3. The Morgan fingerprint density at radius 3 is 2.53 bits per heavy atom. The van der Waals surface area contributed by atoms with E-state index in [-0.39, 0.29) is 22.9 Å². The second-order valence-electron chi connectivity index (χ2n) is 4.26. The van der Waals surface area contributed by atoms with E-state index in [1.54, 1.807) is 4.90 Å². The molecule has 19 heavy (non-hydrogen) atoms. The summed E-state index contributed by atoms with van der Waals surface area (Å²) in [7, 11) is 1.30. The standard InChI is InChI=1S/C12H13FN2O4/c1-19-12-7-10(11(15(17)18)6-9(12)13)14-4-2-8(16)3-5-14/h6-7H,2-5H2,1H3. The van der Waals surface area contributed by atoms with Crippen molar-refractivity contribution in [1.29, 1.82) is 0 Å². The highest BCUT2D eigenvalue weighted by Gasteiger charge is 2.26. The number of ketones is 1. The Balaban J connectivity index is 2.41. The van der Waals surface area contributed by atoms with Crippen molar-refractivity contribution in [3.8, 4) is 5.75 Å². The van der Waals surface area contributed by atoms with Gasteiger partial charge in [0.25, 0.3) is 5.69 Å². The van der Waals surface area contributed by atoms with Gasteiger partial charge in [-0.2, -0.15) is 0 Å². The summed E-state index contributed by atoms with van der Waals surface area (Å²) >= 11 is 0. The average Bonchev–Trinajstić information content (AvgIpc) is 2.39. The SMILES string of the molecule is COc1cc(N2CCC(=O)CC2)c([N+](=O)[O-])cc1F. The fourth-order valence-electron chi connectivity index (χ4n) is 2.09. The number of Topliss-reactive ketones (excluding diaryl/α,β-unsaturated/α-hetero) is 1. The second kappa shape index (κ2) is 5.21. The number of benzene rings is 1. The summed E-state index contributed by atoms with van der Waals surface area (Å²) < 4.78 is 18.4. The van der Waals surface area contributed by atoms with E-state index < -0.39 is 10.7 Å². The van der Waals surface area contributed by atoms with Crippen LogP contribution in [0.1, 0.15) is 12.8 Å². The van der Waals surface area contributed by atoms with Gasteiger partial charge in [0.2, 0.25) is 0 Å². The minimum Gasteiger partial charge on any atom is -0.494 e. The first kappa shape index (κ1) is 13.3. The number of carbonyl (C=O) groups excluding carboxylic acids is 1. The molecule has 0 aromatic heterocycles. The minimum atomic E-state index is -0.772. The van der Waals surface area contributed by atoms with Crippen LogP contribution in [-0.2, 0) is 4.79 Å². The molecule has 1 heterocycles. The summed E-state index contributed by atoms with van der Waals surface area (Å²) in [6.45, 7) is 0.795. The minimum absolute atomic E-state index is 0.0440. The highest BCUT2D eigenvalue weighted by molar-refractivity contribution is 5.81. The summed E-state index contributed by atoms with van der Waals surface area (Å²) in [5, 5.41) is 11.0. The van der Waals surface area contributed by atoms with E-state index in [2.05, 4.69) is 0 Å². The monoisotopic (exact) mass is 268 g/mol. The number of nitrogens with zero attached hydrogens (tertiary/aromatic N) is 2. The molecule has 1 aromatic carbocycles. The topological polar surface area (TPSA) is 72.7 Å². The first-order valence-corrected chi connectivity index (χ1v) is 5.81. The molecule has 1 aliphatic rings. The van der Waals surface area contributed by atoms with Crippen molar-refractivity contribution in [2.24, 2.45) is 0 Å². The van der Waals surface area contributed by atoms with Crippen molar-refractivity contribution in [2.45, 2.75) is 12.8 Å². The predicted octanol–water partition coefficient (Wildman–Crippen LogP) is 1.91. The first-order valence-electron chi connectivity index (χ1n) is 5.81. The lowest BCUT2D eigenvalue weighted by Gasteiger charge is -2.28. The van der Waals surface area contributed by atoms with Gasteiger partial charge in [0.1, 0.15) is 11.5 Å². The average molecular weight is 268 g/mol. The fourth-order valence-corrected chi connectivity index (χ4v) is 2.09. The van der Waals surface area contributed by atoms with Crippen LogP contribution in [0.4, 0.5) is 15.8 Å². The molecule has 0 aliphatic carbocycles. The van der Waals surface area contributed by atoms with Gasteiger partial charge in [0.15, 0.2) is 11.6 Å². The lowest BCUT2D eigenvalue weighted by Crippen LogP contribution is -2.34. The van der Waals surface area contributed by atoms with Gasteiger partial charge in [-0.25, -0.2) is 4.39 Å². The Kier molecular flexibility index (Phi) is 3.64. The van der Waals surface area contributed by atoms with Crippen LogP contribution >= 0.6 is 0 Å². The van der Waals surface area contributed by atoms with Crippen molar-refractivity contribution >= 4 is 17.2 Å². The number of piperidine rings is 1. The summed E-state index contributed by atoms with van der Waals surface area (Å²) in [5.74, 6) is -0.684. The zero-order chi connectivity index (χ0) is 14.0. The molecule has 1 saturated heterocycles. The van der Waals surface area contributed by atoms with Crippen LogP contribution in [0.25, 0.3) is 0 Å². The van der Waals surface area contributed by atoms with Gasteiger partial charge in [-0.15, -0.1) is 0 Å². The van der Waals surface area contributed by atoms with Crippen molar-refractivity contribution in [1.82, 2.24) is 0 Å². The molecule has 0 unspecified atom stereocenters. The number of anilines is 1. The molecule has 102 valence electrons. The van der Waals surface area contributed by atoms with Crippen LogP contribution in [0.2, 0.25) is 0 Å². The molecular weight excluding hydrogens is 255 g/mol. The second-order valence-corrected chi connectivity index (χ2v) is 4.26. The molecule has 0 bridgehead atoms. The number of rotatable bonds is 3.